The van der Waals surface area contributed by atoms with Crippen molar-refractivity contribution in [2.45, 2.75) is 25.8 Å². The minimum Gasteiger partial charge on any atom is -0.356 e. The molecule has 2 rings (SSSR count). The first-order valence-corrected chi connectivity index (χ1v) is 7.34. The molecule has 0 aromatic carbocycles. The van der Waals surface area contributed by atoms with Crippen molar-refractivity contribution in [3.8, 4) is 0 Å². The first-order valence-electron chi connectivity index (χ1n) is 6.18. The van der Waals surface area contributed by atoms with E-state index in [1.54, 1.807) is 0 Å². The zero-order valence-corrected chi connectivity index (χ0v) is 11.3. The fourth-order valence-electron chi connectivity index (χ4n) is 1.88. The number of nitrogens with zero attached hydrogens (tertiary/aromatic N) is 3. The number of aromatic nitrogens is 2. The monoisotopic (exact) mass is 252 g/mol. The van der Waals surface area contributed by atoms with Crippen molar-refractivity contribution in [3.05, 3.63) is 12.3 Å². The van der Waals surface area contributed by atoms with E-state index in [9.17, 15) is 0 Å². The third-order valence-corrected chi connectivity index (χ3v) is 4.13. The Morgan fingerprint density at radius 3 is 3.18 bits per heavy atom. The summed E-state index contributed by atoms with van der Waals surface area (Å²) >= 11 is 2.02. The van der Waals surface area contributed by atoms with Gasteiger partial charge in [0.25, 0.3) is 0 Å². The topological polar surface area (TPSA) is 41.1 Å². The Morgan fingerprint density at radius 2 is 2.47 bits per heavy atom. The Labute approximate surface area is 107 Å². The lowest BCUT2D eigenvalue weighted by atomic mass is 10.2. The first-order chi connectivity index (χ1) is 8.31. The van der Waals surface area contributed by atoms with E-state index < -0.39 is 0 Å². The Kier molecular flexibility index (Phi) is 4.48. The second-order valence-electron chi connectivity index (χ2n) is 4.29. The number of rotatable bonds is 5. The minimum absolute atomic E-state index is 0.619. The van der Waals surface area contributed by atoms with E-state index in [-0.39, 0.29) is 0 Å². The lowest BCUT2D eigenvalue weighted by Crippen LogP contribution is -2.32. The molecule has 0 amide bonds. The van der Waals surface area contributed by atoms with Gasteiger partial charge < -0.3 is 10.2 Å². The summed E-state index contributed by atoms with van der Waals surface area (Å²) in [4.78, 5) is 11.1. The van der Waals surface area contributed by atoms with Gasteiger partial charge in [0.05, 0.1) is 0 Å². The van der Waals surface area contributed by atoms with Gasteiger partial charge in [-0.2, -0.15) is 16.7 Å². The highest BCUT2D eigenvalue weighted by molar-refractivity contribution is 7.99. The fraction of sp³-hybridized carbons (Fsp3) is 0.667. The van der Waals surface area contributed by atoms with Crippen LogP contribution in [0.15, 0.2) is 12.3 Å². The van der Waals surface area contributed by atoms with E-state index in [0.717, 1.165) is 24.7 Å². The average Bonchev–Trinajstić information content (AvgIpc) is 2.89. The quantitative estimate of drug-likeness (QED) is 0.870. The average molecular weight is 252 g/mol. The van der Waals surface area contributed by atoms with Gasteiger partial charge in [-0.25, -0.2) is 4.98 Å². The second-order valence-corrected chi connectivity index (χ2v) is 5.44. The molecular formula is C12H20N4S. The molecule has 1 fully saturated rings. The van der Waals surface area contributed by atoms with Crippen molar-refractivity contribution in [2.24, 2.45) is 0 Å². The largest absolute Gasteiger partial charge is 0.356 e. The zero-order chi connectivity index (χ0) is 12.1. The van der Waals surface area contributed by atoms with E-state index in [1.807, 2.05) is 24.0 Å². The van der Waals surface area contributed by atoms with Crippen molar-refractivity contribution in [3.63, 3.8) is 0 Å². The van der Waals surface area contributed by atoms with Gasteiger partial charge in [0.15, 0.2) is 0 Å². The molecule has 0 radical (unpaired) electrons. The van der Waals surface area contributed by atoms with Crippen molar-refractivity contribution >= 4 is 23.5 Å². The van der Waals surface area contributed by atoms with Crippen LogP contribution in [0.3, 0.4) is 0 Å². The highest BCUT2D eigenvalue weighted by atomic mass is 32.2. The molecule has 1 aromatic heterocycles. The van der Waals surface area contributed by atoms with Crippen molar-refractivity contribution in [1.82, 2.24) is 9.97 Å². The van der Waals surface area contributed by atoms with Gasteiger partial charge in [-0.1, -0.05) is 6.92 Å². The van der Waals surface area contributed by atoms with Crippen LogP contribution in [0.5, 0.6) is 0 Å². The van der Waals surface area contributed by atoms with Crippen molar-refractivity contribution in [2.75, 3.05) is 35.3 Å². The van der Waals surface area contributed by atoms with Crippen LogP contribution < -0.4 is 10.2 Å². The zero-order valence-electron chi connectivity index (χ0n) is 10.5. The fourth-order valence-corrected chi connectivity index (χ4v) is 3.15. The maximum absolute atomic E-state index is 4.55. The smallest absolute Gasteiger partial charge is 0.224 e. The summed E-state index contributed by atoms with van der Waals surface area (Å²) in [5.74, 6) is 4.23. The molecule has 1 aliphatic heterocycles. The summed E-state index contributed by atoms with van der Waals surface area (Å²) in [5, 5.41) is 3.23. The van der Waals surface area contributed by atoms with Crippen LogP contribution in [-0.2, 0) is 0 Å². The minimum atomic E-state index is 0.619. The molecule has 0 spiro atoms. The predicted molar refractivity (Wildman–Crippen MR) is 74.9 cm³/mol. The SMILES string of the molecule is CCCNc1nccc(N(C)C2CCSC2)n1. The van der Waals surface area contributed by atoms with Crippen LogP contribution in [0.1, 0.15) is 19.8 Å². The molecule has 1 aliphatic rings. The normalized spacial score (nSPS) is 19.3. The Balaban J connectivity index is 2.03. The lowest BCUT2D eigenvalue weighted by molar-refractivity contribution is 0.691. The molecule has 5 heteroatoms. The number of nitrogens with one attached hydrogen (secondary N) is 1. The molecule has 0 saturated carbocycles. The first kappa shape index (κ1) is 12.5. The van der Waals surface area contributed by atoms with Crippen LogP contribution >= 0.6 is 11.8 Å². The maximum Gasteiger partial charge on any atom is 0.224 e. The summed E-state index contributed by atoms with van der Waals surface area (Å²) in [6.45, 7) is 3.06. The number of anilines is 2. The van der Waals surface area contributed by atoms with E-state index in [0.29, 0.717) is 6.04 Å². The molecule has 17 heavy (non-hydrogen) atoms. The summed E-state index contributed by atoms with van der Waals surface area (Å²) in [5.41, 5.74) is 0. The van der Waals surface area contributed by atoms with Gasteiger partial charge in [0, 0.05) is 31.6 Å². The Morgan fingerprint density at radius 1 is 1.59 bits per heavy atom. The van der Waals surface area contributed by atoms with Crippen LogP contribution in [0.4, 0.5) is 11.8 Å². The molecule has 0 bridgehead atoms. The van der Waals surface area contributed by atoms with Crippen LogP contribution in [0, 0.1) is 0 Å². The molecule has 2 heterocycles. The molecule has 1 saturated heterocycles. The molecule has 1 N–H and O–H groups in total. The molecule has 0 aliphatic carbocycles. The molecule has 4 nitrogen and oxygen atoms in total. The molecule has 1 atom stereocenters. The van der Waals surface area contributed by atoms with Crippen molar-refractivity contribution < 1.29 is 0 Å². The van der Waals surface area contributed by atoms with Gasteiger partial charge in [-0.3, -0.25) is 0 Å². The predicted octanol–water partition coefficient (Wildman–Crippen LogP) is 2.24. The summed E-state index contributed by atoms with van der Waals surface area (Å²) in [6.07, 6.45) is 4.17. The molecular weight excluding hydrogens is 232 g/mol. The van der Waals surface area contributed by atoms with Gasteiger partial charge in [-0.05, 0) is 24.7 Å². The Bertz CT molecular complexity index is 352. The van der Waals surface area contributed by atoms with Gasteiger partial charge >= 0.3 is 0 Å². The summed E-state index contributed by atoms with van der Waals surface area (Å²) < 4.78 is 0. The van der Waals surface area contributed by atoms with Crippen LogP contribution in [-0.4, -0.2) is 41.1 Å². The number of thioether (sulfide) groups is 1. The van der Waals surface area contributed by atoms with E-state index in [2.05, 4.69) is 34.2 Å². The van der Waals surface area contributed by atoms with E-state index >= 15 is 0 Å². The lowest BCUT2D eigenvalue weighted by Gasteiger charge is -2.24. The highest BCUT2D eigenvalue weighted by Crippen LogP contribution is 2.24. The molecule has 1 unspecified atom stereocenters. The van der Waals surface area contributed by atoms with Crippen LogP contribution in [0.25, 0.3) is 0 Å². The van der Waals surface area contributed by atoms with E-state index in [1.165, 1.54) is 17.9 Å². The molecule has 94 valence electrons. The summed E-state index contributed by atoms with van der Waals surface area (Å²) in [7, 11) is 2.13. The second kappa shape index (κ2) is 6.10. The molecule has 1 aromatic rings. The number of hydrogen-bond acceptors (Lipinski definition) is 5. The van der Waals surface area contributed by atoms with Crippen molar-refractivity contribution in [1.29, 1.82) is 0 Å². The third kappa shape index (κ3) is 3.25. The standard InChI is InChI=1S/C12H20N4S/c1-3-6-13-12-14-7-4-11(15-12)16(2)10-5-8-17-9-10/h4,7,10H,3,5-6,8-9H2,1-2H3,(H,13,14,15). The van der Waals surface area contributed by atoms with Gasteiger partial charge in [0.1, 0.15) is 5.82 Å². The van der Waals surface area contributed by atoms with E-state index in [4.69, 9.17) is 0 Å². The maximum atomic E-state index is 4.55. The van der Waals surface area contributed by atoms with Gasteiger partial charge in [-0.15, -0.1) is 0 Å². The third-order valence-electron chi connectivity index (χ3n) is 2.99. The summed E-state index contributed by atoms with van der Waals surface area (Å²) in [6, 6.07) is 2.61. The highest BCUT2D eigenvalue weighted by Gasteiger charge is 2.21. The Hall–Kier alpha value is -0.970. The van der Waals surface area contributed by atoms with Gasteiger partial charge in [0.2, 0.25) is 5.95 Å². The number of hydrogen-bond donors (Lipinski definition) is 1. The van der Waals surface area contributed by atoms with Crippen LogP contribution in [0.2, 0.25) is 0 Å².